The second-order valence-electron chi connectivity index (χ2n) is 16.3. The zero-order chi connectivity index (χ0) is 43.7. The fraction of sp³-hybridized carbons (Fsp3) is 0.773. The molecule has 1 aromatic carbocycles. The minimum absolute atomic E-state index is 0.0476. The molecule has 0 aliphatic heterocycles. The van der Waals surface area contributed by atoms with Crippen molar-refractivity contribution < 1.29 is 58.6 Å². The molecule has 6 atom stereocenters. The maximum Gasteiger partial charge on any atom is 0.339 e. The van der Waals surface area contributed by atoms with E-state index in [1.54, 1.807) is 23.9 Å². The quantitative estimate of drug-likeness (QED) is 0.0479. The summed E-state index contributed by atoms with van der Waals surface area (Å²) >= 11 is 1.55. The second kappa shape index (κ2) is 23.8. The number of thioether (sulfide) groups is 1. The lowest BCUT2D eigenvalue weighted by atomic mass is 9.65. The van der Waals surface area contributed by atoms with E-state index in [2.05, 4.69) is 13.8 Å². The summed E-state index contributed by atoms with van der Waals surface area (Å²) < 4.78 is 22.4. The highest BCUT2D eigenvalue weighted by molar-refractivity contribution is 8.00. The molecule has 0 aliphatic rings. The van der Waals surface area contributed by atoms with Gasteiger partial charge in [-0.1, -0.05) is 74.4 Å². The predicted octanol–water partition coefficient (Wildman–Crippen LogP) is 7.59. The molecule has 328 valence electrons. The molecule has 1 aromatic rings. The van der Waals surface area contributed by atoms with Gasteiger partial charge in [0.15, 0.2) is 0 Å². The zero-order valence-electron chi connectivity index (χ0n) is 36.6. The van der Waals surface area contributed by atoms with E-state index in [9.17, 15) is 39.6 Å². The standard InChI is InChI=1S/C44H74O12S/c1-12-40(8,43(11,16-5)57-30-33(48)27-45)25-31(46)28-53-38(51)34-21-19-20-22-35(34)39(52)54-29-32(47)26-41(9,13-2)44(17-6,18-7)56-37(50)24-23-36(49)55-42(10,14-3)15-4/h19-22,31-33,45-48H,12-18,23-30H2,1-11H3. The lowest BCUT2D eigenvalue weighted by molar-refractivity contribution is -0.185. The fourth-order valence-electron chi connectivity index (χ4n) is 7.48. The minimum Gasteiger partial charge on any atom is -0.459 e. The fourth-order valence-corrected chi connectivity index (χ4v) is 8.93. The van der Waals surface area contributed by atoms with Gasteiger partial charge in [-0.2, -0.15) is 11.8 Å². The number of hydrogen-bond acceptors (Lipinski definition) is 13. The van der Waals surface area contributed by atoms with Crippen LogP contribution in [0.1, 0.15) is 168 Å². The number of aliphatic hydroxyl groups excluding tert-OH is 4. The van der Waals surface area contributed by atoms with Gasteiger partial charge in [-0.05, 0) is 89.2 Å². The number of rotatable bonds is 28. The van der Waals surface area contributed by atoms with Crippen molar-refractivity contribution in [3.63, 3.8) is 0 Å². The summed E-state index contributed by atoms with van der Waals surface area (Å²) in [6.45, 7) is 20.6. The molecule has 0 heterocycles. The van der Waals surface area contributed by atoms with E-state index in [4.69, 9.17) is 18.9 Å². The van der Waals surface area contributed by atoms with Crippen molar-refractivity contribution in [1.29, 1.82) is 0 Å². The van der Waals surface area contributed by atoms with Gasteiger partial charge in [-0.15, -0.1) is 0 Å². The van der Waals surface area contributed by atoms with Gasteiger partial charge in [0.1, 0.15) is 24.4 Å². The third-order valence-corrected chi connectivity index (χ3v) is 14.8. The van der Waals surface area contributed by atoms with Crippen LogP contribution in [0.3, 0.4) is 0 Å². The van der Waals surface area contributed by atoms with E-state index < -0.39 is 64.2 Å². The van der Waals surface area contributed by atoms with Crippen LogP contribution in [0.2, 0.25) is 0 Å². The van der Waals surface area contributed by atoms with Gasteiger partial charge in [0.25, 0.3) is 0 Å². The largest absolute Gasteiger partial charge is 0.459 e. The zero-order valence-corrected chi connectivity index (χ0v) is 37.4. The van der Waals surface area contributed by atoms with Gasteiger partial charge >= 0.3 is 23.9 Å². The molecule has 1 rings (SSSR count). The molecule has 0 aliphatic carbocycles. The van der Waals surface area contributed by atoms with Crippen LogP contribution >= 0.6 is 11.8 Å². The molecule has 0 radical (unpaired) electrons. The van der Waals surface area contributed by atoms with Gasteiger partial charge < -0.3 is 39.4 Å². The summed E-state index contributed by atoms with van der Waals surface area (Å²) in [5.41, 5.74) is -2.79. The highest BCUT2D eigenvalue weighted by Crippen LogP contribution is 2.50. The summed E-state index contributed by atoms with van der Waals surface area (Å²) in [5, 5.41) is 41.5. The number of aliphatic hydroxyl groups is 4. The Kier molecular flexibility index (Phi) is 21.8. The van der Waals surface area contributed by atoms with Crippen LogP contribution in [-0.4, -0.2) is 104 Å². The van der Waals surface area contributed by atoms with Crippen LogP contribution in [-0.2, 0) is 28.5 Å². The monoisotopic (exact) mass is 826 g/mol. The molecule has 0 amide bonds. The summed E-state index contributed by atoms with van der Waals surface area (Å²) in [6.07, 6.45) is 1.41. The molecule has 13 heteroatoms. The van der Waals surface area contributed by atoms with Crippen molar-refractivity contribution in [1.82, 2.24) is 0 Å². The number of ether oxygens (including phenoxy) is 4. The number of hydrogen-bond donors (Lipinski definition) is 4. The first-order chi connectivity index (χ1) is 26.7. The number of carbonyl (C=O) groups is 4. The molecule has 0 aromatic heterocycles. The van der Waals surface area contributed by atoms with E-state index in [1.807, 2.05) is 62.3 Å². The van der Waals surface area contributed by atoms with Crippen molar-refractivity contribution in [2.75, 3.05) is 25.6 Å². The highest BCUT2D eigenvalue weighted by Gasteiger charge is 2.49. The molecule has 4 N–H and O–H groups in total. The van der Waals surface area contributed by atoms with Crippen molar-refractivity contribution >= 4 is 35.6 Å². The van der Waals surface area contributed by atoms with Crippen LogP contribution in [0.15, 0.2) is 24.3 Å². The SMILES string of the molecule is CCC(C)(CC)OC(=O)CCC(=O)OC(CC)(CC)C(C)(CC)CC(O)COC(=O)c1ccccc1C(=O)OCC(O)CC(C)(CC)C(C)(CC)SCC(O)CO. The normalized spacial score (nSPS) is 16.9. The third-order valence-electron chi connectivity index (χ3n) is 12.8. The Labute approximate surface area is 346 Å². The van der Waals surface area contributed by atoms with Crippen LogP contribution in [0, 0.1) is 10.8 Å². The Hall–Kier alpha value is -2.71. The van der Waals surface area contributed by atoms with Crippen LogP contribution < -0.4 is 0 Å². The van der Waals surface area contributed by atoms with Gasteiger partial charge in [0.05, 0.1) is 48.9 Å². The van der Waals surface area contributed by atoms with Crippen LogP contribution in [0.4, 0.5) is 0 Å². The summed E-state index contributed by atoms with van der Waals surface area (Å²) in [6, 6.07) is 6.01. The Morgan fingerprint density at radius 1 is 0.614 bits per heavy atom. The summed E-state index contributed by atoms with van der Waals surface area (Å²) in [5.74, 6) is -2.30. The first-order valence-corrected chi connectivity index (χ1v) is 21.8. The Bertz CT molecular complexity index is 1410. The van der Waals surface area contributed by atoms with Crippen molar-refractivity contribution in [3.05, 3.63) is 35.4 Å². The maximum atomic E-state index is 13.3. The lowest BCUT2D eigenvalue weighted by Gasteiger charge is -2.48. The average Bonchev–Trinajstić information content (AvgIpc) is 3.21. The number of benzene rings is 1. The number of carbonyl (C=O) groups excluding carboxylic acids is 4. The Balaban J connectivity index is 2.98. The molecule has 0 spiro atoms. The molecular weight excluding hydrogens is 753 g/mol. The molecule has 6 unspecified atom stereocenters. The topological polar surface area (TPSA) is 186 Å². The highest BCUT2D eigenvalue weighted by atomic mass is 32.2. The van der Waals surface area contributed by atoms with E-state index in [0.717, 1.165) is 6.42 Å². The first kappa shape index (κ1) is 52.3. The molecule has 0 bridgehead atoms. The predicted molar refractivity (Wildman–Crippen MR) is 223 cm³/mol. The smallest absolute Gasteiger partial charge is 0.339 e. The summed E-state index contributed by atoms with van der Waals surface area (Å²) in [7, 11) is 0. The molecule has 12 nitrogen and oxygen atoms in total. The van der Waals surface area contributed by atoms with E-state index in [0.29, 0.717) is 50.7 Å². The van der Waals surface area contributed by atoms with Gasteiger partial charge in [0.2, 0.25) is 0 Å². The van der Waals surface area contributed by atoms with Crippen LogP contribution in [0.25, 0.3) is 0 Å². The molecule has 57 heavy (non-hydrogen) atoms. The molecular formula is C44H74O12S. The first-order valence-electron chi connectivity index (χ1n) is 20.8. The minimum atomic E-state index is -1.13. The van der Waals surface area contributed by atoms with Crippen molar-refractivity contribution in [2.45, 2.75) is 181 Å². The van der Waals surface area contributed by atoms with Gasteiger partial charge in [0, 0.05) is 15.9 Å². The average molecular weight is 827 g/mol. The Morgan fingerprint density at radius 2 is 1.05 bits per heavy atom. The third kappa shape index (κ3) is 14.5. The van der Waals surface area contributed by atoms with E-state index in [1.165, 1.54) is 12.1 Å². The molecule has 0 fully saturated rings. The van der Waals surface area contributed by atoms with Crippen LogP contribution in [0.5, 0.6) is 0 Å². The number of esters is 4. The van der Waals surface area contributed by atoms with E-state index in [-0.39, 0.29) is 55.0 Å². The maximum absolute atomic E-state index is 13.3. The van der Waals surface area contributed by atoms with Gasteiger partial charge in [-0.25, -0.2) is 9.59 Å². The van der Waals surface area contributed by atoms with E-state index >= 15 is 0 Å². The van der Waals surface area contributed by atoms with Crippen molar-refractivity contribution in [2.24, 2.45) is 10.8 Å². The van der Waals surface area contributed by atoms with Gasteiger partial charge in [-0.3, -0.25) is 9.59 Å². The lowest BCUT2D eigenvalue weighted by Crippen LogP contribution is -2.51. The summed E-state index contributed by atoms with van der Waals surface area (Å²) in [4.78, 5) is 52.2. The second-order valence-corrected chi connectivity index (χ2v) is 17.8. The van der Waals surface area contributed by atoms with Crippen molar-refractivity contribution in [3.8, 4) is 0 Å². The molecule has 0 saturated heterocycles. The molecule has 0 saturated carbocycles. The Morgan fingerprint density at radius 3 is 1.44 bits per heavy atom.